The second kappa shape index (κ2) is 9.06. The maximum Gasteiger partial charge on any atom is 0.191 e. The van der Waals surface area contributed by atoms with Gasteiger partial charge in [-0.25, -0.2) is 8.42 Å². The van der Waals surface area contributed by atoms with Crippen molar-refractivity contribution in [2.45, 2.75) is 44.2 Å². The van der Waals surface area contributed by atoms with Gasteiger partial charge in [-0.1, -0.05) is 30.3 Å². The van der Waals surface area contributed by atoms with Gasteiger partial charge in [0, 0.05) is 50.4 Å². The van der Waals surface area contributed by atoms with Gasteiger partial charge >= 0.3 is 0 Å². The van der Waals surface area contributed by atoms with E-state index in [1.54, 1.807) is 0 Å². The highest BCUT2D eigenvalue weighted by atomic mass is 32.2. The first-order valence-corrected chi connectivity index (χ1v) is 12.0. The first-order chi connectivity index (χ1) is 12.9. The minimum Gasteiger partial charge on any atom is -0.354 e. The minimum absolute atomic E-state index is 0.248. The molecule has 6 nitrogen and oxygen atoms in total. The average molecular weight is 393 g/mol. The number of nitrogens with zero attached hydrogens (tertiary/aromatic N) is 2. The third kappa shape index (κ3) is 6.50. The molecule has 7 heteroatoms. The Hall–Kier alpha value is -1.60. The van der Waals surface area contributed by atoms with E-state index in [4.69, 9.17) is 0 Å². The average Bonchev–Trinajstić information content (AvgIpc) is 3.40. The molecule has 1 aliphatic heterocycles. The Morgan fingerprint density at radius 1 is 1.19 bits per heavy atom. The highest BCUT2D eigenvalue weighted by Crippen LogP contribution is 2.40. The number of benzene rings is 1. The van der Waals surface area contributed by atoms with E-state index in [1.807, 2.05) is 0 Å². The maximum absolute atomic E-state index is 11.3. The number of aliphatic imine (C=N–C) groups is 1. The van der Waals surface area contributed by atoms with Crippen LogP contribution in [0.1, 0.15) is 37.7 Å². The maximum atomic E-state index is 11.3. The van der Waals surface area contributed by atoms with Crippen molar-refractivity contribution in [2.24, 2.45) is 4.99 Å². The topological polar surface area (TPSA) is 73.8 Å². The number of hydrogen-bond acceptors (Lipinski definition) is 4. The summed E-state index contributed by atoms with van der Waals surface area (Å²) in [5.74, 6) is 1.74. The molecule has 150 valence electrons. The second-order valence-corrected chi connectivity index (χ2v) is 9.98. The summed E-state index contributed by atoms with van der Waals surface area (Å²) < 4.78 is 22.7. The number of rotatable bonds is 7. The largest absolute Gasteiger partial charge is 0.354 e. The summed E-state index contributed by atoms with van der Waals surface area (Å²) in [5, 5.41) is 7.18. The van der Waals surface area contributed by atoms with Crippen LogP contribution in [0.3, 0.4) is 0 Å². The molecule has 2 N–H and O–H groups in total. The lowest BCUT2D eigenvalue weighted by Crippen LogP contribution is -2.49. The molecule has 1 heterocycles. The van der Waals surface area contributed by atoms with E-state index in [-0.39, 0.29) is 5.75 Å². The summed E-state index contributed by atoms with van der Waals surface area (Å²) in [7, 11) is -2.88. The predicted octanol–water partition coefficient (Wildman–Crippen LogP) is 1.61. The van der Waals surface area contributed by atoms with Crippen molar-refractivity contribution >= 4 is 15.8 Å². The molecule has 0 spiro atoms. The normalized spacial score (nSPS) is 24.6. The number of hydrogen-bond donors (Lipinski definition) is 2. The fraction of sp³-hybridized carbons (Fsp3) is 0.650. The van der Waals surface area contributed by atoms with Crippen LogP contribution in [0.25, 0.3) is 0 Å². The van der Waals surface area contributed by atoms with E-state index in [0.29, 0.717) is 24.5 Å². The number of guanidine groups is 1. The second-order valence-electron chi connectivity index (χ2n) is 7.72. The SMILES string of the molecule is CCN=C(NC1CCN(CCS(C)(=O)=O)CC1)NC1CC1c1ccccc1. The van der Waals surface area contributed by atoms with Crippen molar-refractivity contribution in [2.75, 3.05) is 38.2 Å². The van der Waals surface area contributed by atoms with Crippen LogP contribution in [0, 0.1) is 0 Å². The summed E-state index contributed by atoms with van der Waals surface area (Å²) in [6, 6.07) is 11.5. The van der Waals surface area contributed by atoms with Crippen molar-refractivity contribution in [1.82, 2.24) is 15.5 Å². The summed E-state index contributed by atoms with van der Waals surface area (Å²) in [4.78, 5) is 6.86. The van der Waals surface area contributed by atoms with Crippen molar-refractivity contribution in [1.29, 1.82) is 0 Å². The Balaban J connectivity index is 1.44. The summed E-state index contributed by atoms with van der Waals surface area (Å²) in [5.41, 5.74) is 1.39. The molecule has 1 aromatic rings. The lowest BCUT2D eigenvalue weighted by atomic mass is 10.1. The summed E-state index contributed by atoms with van der Waals surface area (Å²) in [6.07, 6.45) is 4.49. The van der Waals surface area contributed by atoms with E-state index in [2.05, 4.69) is 57.8 Å². The molecule has 2 unspecified atom stereocenters. The molecule has 1 aromatic carbocycles. The van der Waals surface area contributed by atoms with Crippen LogP contribution < -0.4 is 10.6 Å². The fourth-order valence-electron chi connectivity index (χ4n) is 3.68. The van der Waals surface area contributed by atoms with Crippen LogP contribution in [0.15, 0.2) is 35.3 Å². The van der Waals surface area contributed by atoms with E-state index in [1.165, 1.54) is 11.8 Å². The molecule has 0 bridgehead atoms. The van der Waals surface area contributed by atoms with Crippen LogP contribution in [-0.2, 0) is 9.84 Å². The standard InChI is InChI=1S/C20H32N4O2S/c1-3-21-20(23-19-15-18(19)16-7-5-4-6-8-16)22-17-9-11-24(12-10-17)13-14-27(2,25)26/h4-8,17-19H,3,9-15H2,1-2H3,(H2,21,22,23). The molecule has 1 saturated carbocycles. The zero-order chi connectivity index (χ0) is 19.3. The molecule has 0 aromatic heterocycles. The molecule has 0 radical (unpaired) electrons. The summed E-state index contributed by atoms with van der Waals surface area (Å²) >= 11 is 0. The predicted molar refractivity (Wildman–Crippen MR) is 111 cm³/mol. The first kappa shape index (κ1) is 20.1. The van der Waals surface area contributed by atoms with Crippen LogP contribution in [0.5, 0.6) is 0 Å². The number of sulfone groups is 1. The third-order valence-corrected chi connectivity index (χ3v) is 6.29. The van der Waals surface area contributed by atoms with Gasteiger partial charge in [0.25, 0.3) is 0 Å². The zero-order valence-electron chi connectivity index (χ0n) is 16.4. The Bertz CT molecular complexity index is 728. The molecule has 3 rings (SSSR count). The van der Waals surface area contributed by atoms with Crippen LogP contribution in [0.2, 0.25) is 0 Å². The molecular weight excluding hydrogens is 360 g/mol. The Labute approximate surface area is 163 Å². The quantitative estimate of drug-likeness (QED) is 0.545. The number of nitrogens with one attached hydrogen (secondary N) is 2. The molecule has 2 aliphatic rings. The highest BCUT2D eigenvalue weighted by Gasteiger charge is 2.39. The Kier molecular flexibility index (Phi) is 6.76. The number of piperidine rings is 1. The number of likely N-dealkylation sites (tertiary alicyclic amines) is 1. The lowest BCUT2D eigenvalue weighted by molar-refractivity contribution is 0.216. The minimum atomic E-state index is -2.88. The van der Waals surface area contributed by atoms with Gasteiger partial charge in [0.2, 0.25) is 0 Å². The van der Waals surface area contributed by atoms with Crippen molar-refractivity contribution in [3.63, 3.8) is 0 Å². The van der Waals surface area contributed by atoms with E-state index < -0.39 is 9.84 Å². The van der Waals surface area contributed by atoms with Crippen LogP contribution >= 0.6 is 0 Å². The zero-order valence-corrected chi connectivity index (χ0v) is 17.2. The van der Waals surface area contributed by atoms with E-state index >= 15 is 0 Å². The Morgan fingerprint density at radius 3 is 2.52 bits per heavy atom. The van der Waals surface area contributed by atoms with Crippen LogP contribution in [0.4, 0.5) is 0 Å². The highest BCUT2D eigenvalue weighted by molar-refractivity contribution is 7.90. The smallest absolute Gasteiger partial charge is 0.191 e. The van der Waals surface area contributed by atoms with E-state index in [9.17, 15) is 8.42 Å². The van der Waals surface area contributed by atoms with Gasteiger partial charge in [0.15, 0.2) is 5.96 Å². The molecule has 1 saturated heterocycles. The van der Waals surface area contributed by atoms with E-state index in [0.717, 1.165) is 44.9 Å². The lowest BCUT2D eigenvalue weighted by Gasteiger charge is -2.33. The van der Waals surface area contributed by atoms with Gasteiger partial charge in [0.1, 0.15) is 9.84 Å². The van der Waals surface area contributed by atoms with Crippen molar-refractivity contribution in [3.05, 3.63) is 35.9 Å². The van der Waals surface area contributed by atoms with Gasteiger partial charge in [0.05, 0.1) is 5.75 Å². The van der Waals surface area contributed by atoms with Gasteiger partial charge in [-0.3, -0.25) is 4.99 Å². The molecule has 27 heavy (non-hydrogen) atoms. The monoisotopic (exact) mass is 392 g/mol. The molecule has 0 amide bonds. The van der Waals surface area contributed by atoms with Gasteiger partial charge in [-0.15, -0.1) is 0 Å². The van der Waals surface area contributed by atoms with Gasteiger partial charge < -0.3 is 15.5 Å². The fourth-order valence-corrected chi connectivity index (χ4v) is 4.27. The summed E-state index contributed by atoms with van der Waals surface area (Å²) in [6.45, 7) is 5.32. The first-order valence-electron chi connectivity index (χ1n) is 9.97. The Morgan fingerprint density at radius 2 is 1.89 bits per heavy atom. The van der Waals surface area contributed by atoms with Crippen molar-refractivity contribution in [3.8, 4) is 0 Å². The molecule has 1 aliphatic carbocycles. The van der Waals surface area contributed by atoms with Crippen LogP contribution in [-0.4, -0.2) is 69.5 Å². The molecular formula is C20H32N4O2S. The molecule has 2 atom stereocenters. The third-order valence-electron chi connectivity index (χ3n) is 5.36. The molecule has 2 fully saturated rings. The van der Waals surface area contributed by atoms with Crippen molar-refractivity contribution < 1.29 is 8.42 Å². The van der Waals surface area contributed by atoms with Gasteiger partial charge in [-0.05, 0) is 31.7 Å². The van der Waals surface area contributed by atoms with Gasteiger partial charge in [-0.2, -0.15) is 0 Å².